The number of carbonyl (C=O) groups excluding carboxylic acids is 1. The third-order valence-corrected chi connectivity index (χ3v) is 4.08. The molecule has 2 heterocycles. The van der Waals surface area contributed by atoms with Gasteiger partial charge in [-0.25, -0.2) is 0 Å². The van der Waals surface area contributed by atoms with Crippen LogP contribution in [0.5, 0.6) is 0 Å². The minimum atomic E-state index is 0.00279. The van der Waals surface area contributed by atoms with Gasteiger partial charge in [-0.3, -0.25) is 14.4 Å². The normalized spacial score (nSPS) is 21.9. The molecule has 1 unspecified atom stereocenters. The molecule has 20 heavy (non-hydrogen) atoms. The van der Waals surface area contributed by atoms with Crippen LogP contribution in [0.2, 0.25) is 0 Å². The molecule has 0 aliphatic carbocycles. The molecular weight excluding hydrogens is 252 g/mol. The van der Waals surface area contributed by atoms with Gasteiger partial charge >= 0.3 is 0 Å². The number of nitrogens with zero attached hydrogens (tertiary/aromatic N) is 4. The highest BCUT2D eigenvalue weighted by Crippen LogP contribution is 2.12. The number of carbonyl (C=O) groups is 1. The topological polar surface area (TPSA) is 41.4 Å². The molecule has 0 saturated carbocycles. The molecule has 1 aromatic rings. The second kappa shape index (κ2) is 6.50. The van der Waals surface area contributed by atoms with E-state index in [4.69, 9.17) is 0 Å². The highest BCUT2D eigenvalue weighted by atomic mass is 16.1. The molecule has 1 atom stereocenters. The molecule has 1 aliphatic rings. The van der Waals surface area contributed by atoms with Crippen molar-refractivity contribution in [2.45, 2.75) is 39.3 Å². The fraction of sp³-hybridized carbons (Fsp3) is 0.733. The Balaban J connectivity index is 2.09. The highest BCUT2D eigenvalue weighted by molar-refractivity contribution is 5.86. The van der Waals surface area contributed by atoms with Crippen molar-refractivity contribution in [1.82, 2.24) is 19.6 Å². The Morgan fingerprint density at radius 2 is 2.15 bits per heavy atom. The average molecular weight is 278 g/mol. The summed E-state index contributed by atoms with van der Waals surface area (Å²) in [5.74, 6) is 0.302. The molecule has 0 N–H and O–H groups in total. The molecule has 5 heteroatoms. The number of aromatic nitrogens is 2. The Morgan fingerprint density at radius 1 is 1.40 bits per heavy atom. The summed E-state index contributed by atoms with van der Waals surface area (Å²) in [6.45, 7) is 7.75. The van der Waals surface area contributed by atoms with Crippen LogP contribution >= 0.6 is 0 Å². The van der Waals surface area contributed by atoms with E-state index in [0.717, 1.165) is 44.0 Å². The zero-order valence-corrected chi connectivity index (χ0v) is 13.1. The minimum absolute atomic E-state index is 0.00279. The first-order valence-electron chi connectivity index (χ1n) is 7.46. The summed E-state index contributed by atoms with van der Waals surface area (Å²) >= 11 is 0. The molecule has 0 amide bonds. The Kier molecular flexibility index (Phi) is 4.94. The quantitative estimate of drug-likeness (QED) is 0.822. The van der Waals surface area contributed by atoms with Crippen LogP contribution in [0.4, 0.5) is 0 Å². The van der Waals surface area contributed by atoms with Gasteiger partial charge in [-0.15, -0.1) is 0 Å². The van der Waals surface area contributed by atoms with E-state index in [1.807, 2.05) is 17.7 Å². The Labute approximate surface area is 121 Å². The van der Waals surface area contributed by atoms with Crippen LogP contribution in [-0.4, -0.2) is 65.1 Å². The summed E-state index contributed by atoms with van der Waals surface area (Å²) < 4.78 is 1.94. The van der Waals surface area contributed by atoms with E-state index in [2.05, 4.69) is 35.9 Å². The van der Waals surface area contributed by atoms with Crippen LogP contribution in [-0.2, 0) is 17.8 Å². The van der Waals surface area contributed by atoms with Crippen LogP contribution in [0.15, 0.2) is 6.07 Å². The van der Waals surface area contributed by atoms with E-state index in [1.165, 1.54) is 0 Å². The van der Waals surface area contributed by atoms with Crippen molar-refractivity contribution >= 4 is 5.78 Å². The van der Waals surface area contributed by atoms with Crippen LogP contribution in [0.1, 0.15) is 24.7 Å². The van der Waals surface area contributed by atoms with Crippen LogP contribution in [0, 0.1) is 6.92 Å². The zero-order chi connectivity index (χ0) is 14.7. The Bertz CT molecular complexity index is 468. The second-order valence-corrected chi connectivity index (χ2v) is 5.85. The first kappa shape index (κ1) is 15.2. The van der Waals surface area contributed by atoms with E-state index in [9.17, 15) is 4.79 Å². The van der Waals surface area contributed by atoms with Crippen molar-refractivity contribution in [2.75, 3.05) is 33.7 Å². The fourth-order valence-corrected chi connectivity index (χ4v) is 2.93. The summed E-state index contributed by atoms with van der Waals surface area (Å²) in [6.07, 6.45) is 1.61. The minimum Gasteiger partial charge on any atom is -0.304 e. The lowest BCUT2D eigenvalue weighted by Gasteiger charge is -2.26. The Morgan fingerprint density at radius 3 is 2.85 bits per heavy atom. The molecule has 1 fully saturated rings. The summed E-state index contributed by atoms with van der Waals surface area (Å²) in [5, 5.41) is 4.42. The lowest BCUT2D eigenvalue weighted by atomic mass is 10.1. The van der Waals surface area contributed by atoms with Crippen LogP contribution in [0.25, 0.3) is 0 Å². The molecule has 5 nitrogen and oxygen atoms in total. The van der Waals surface area contributed by atoms with Crippen molar-refractivity contribution in [3.8, 4) is 0 Å². The average Bonchev–Trinajstić information content (AvgIpc) is 2.65. The largest absolute Gasteiger partial charge is 0.304 e. The molecule has 2 rings (SSSR count). The van der Waals surface area contributed by atoms with Crippen molar-refractivity contribution < 1.29 is 4.79 Å². The molecule has 0 aromatic carbocycles. The van der Waals surface area contributed by atoms with Crippen molar-refractivity contribution in [3.63, 3.8) is 0 Å². The number of hydrogen-bond acceptors (Lipinski definition) is 4. The van der Waals surface area contributed by atoms with E-state index in [0.29, 0.717) is 12.2 Å². The van der Waals surface area contributed by atoms with Crippen LogP contribution in [0.3, 0.4) is 0 Å². The first-order valence-corrected chi connectivity index (χ1v) is 7.46. The lowest BCUT2D eigenvalue weighted by molar-refractivity contribution is -0.123. The third kappa shape index (κ3) is 3.46. The molecule has 0 radical (unpaired) electrons. The van der Waals surface area contributed by atoms with Gasteiger partial charge in [-0.1, -0.05) is 0 Å². The van der Waals surface area contributed by atoms with E-state index in [-0.39, 0.29) is 6.04 Å². The molecule has 0 bridgehead atoms. The van der Waals surface area contributed by atoms with Gasteiger partial charge in [-0.2, -0.15) is 5.10 Å². The predicted octanol–water partition coefficient (Wildman–Crippen LogP) is 0.959. The van der Waals surface area contributed by atoms with Gasteiger partial charge in [0, 0.05) is 18.8 Å². The van der Waals surface area contributed by atoms with E-state index < -0.39 is 0 Å². The number of ketones is 1. The number of likely N-dealkylation sites (N-methyl/N-ethyl adjacent to an activating group) is 2. The van der Waals surface area contributed by atoms with Gasteiger partial charge in [0.15, 0.2) is 5.78 Å². The number of rotatable bonds is 4. The summed E-state index contributed by atoms with van der Waals surface area (Å²) in [4.78, 5) is 17.1. The SMILES string of the molecule is CCn1nc(C)cc1CC(=O)C1CN(C)CCCN1C. The van der Waals surface area contributed by atoms with Gasteiger partial charge < -0.3 is 4.90 Å². The molecule has 0 spiro atoms. The zero-order valence-electron chi connectivity index (χ0n) is 13.1. The van der Waals surface area contributed by atoms with Gasteiger partial charge in [0.1, 0.15) is 0 Å². The van der Waals surface area contributed by atoms with Gasteiger partial charge in [0.25, 0.3) is 0 Å². The highest BCUT2D eigenvalue weighted by Gasteiger charge is 2.27. The summed E-state index contributed by atoms with van der Waals surface area (Å²) in [5.41, 5.74) is 2.02. The standard InChI is InChI=1S/C15H26N4O/c1-5-19-13(9-12(2)16-19)10-15(20)14-11-17(3)7-6-8-18(14)4/h9,14H,5-8,10-11H2,1-4H3. The number of Topliss-reactive ketones (excluding diaryl/α,β-unsaturated/α-hetero) is 1. The molecular formula is C15H26N4O. The second-order valence-electron chi connectivity index (χ2n) is 5.85. The Hall–Kier alpha value is -1.20. The lowest BCUT2D eigenvalue weighted by Crippen LogP contribution is -2.44. The third-order valence-electron chi connectivity index (χ3n) is 4.08. The monoisotopic (exact) mass is 278 g/mol. The number of aryl methyl sites for hydroxylation is 2. The van der Waals surface area contributed by atoms with E-state index in [1.54, 1.807) is 0 Å². The maximum absolute atomic E-state index is 12.6. The molecule has 1 aliphatic heterocycles. The smallest absolute Gasteiger partial charge is 0.157 e. The molecule has 1 saturated heterocycles. The van der Waals surface area contributed by atoms with E-state index >= 15 is 0 Å². The maximum Gasteiger partial charge on any atom is 0.157 e. The molecule has 1 aromatic heterocycles. The van der Waals surface area contributed by atoms with Gasteiger partial charge in [0.05, 0.1) is 18.2 Å². The van der Waals surface area contributed by atoms with Crippen LogP contribution < -0.4 is 0 Å². The first-order chi connectivity index (χ1) is 9.51. The summed E-state index contributed by atoms with van der Waals surface area (Å²) in [7, 11) is 4.16. The van der Waals surface area contributed by atoms with Gasteiger partial charge in [0.2, 0.25) is 0 Å². The summed E-state index contributed by atoms with van der Waals surface area (Å²) in [6, 6.07) is 2.03. The predicted molar refractivity (Wildman–Crippen MR) is 79.9 cm³/mol. The van der Waals surface area contributed by atoms with Crippen molar-refractivity contribution in [3.05, 3.63) is 17.5 Å². The maximum atomic E-state index is 12.6. The van der Waals surface area contributed by atoms with Crippen molar-refractivity contribution in [2.24, 2.45) is 0 Å². The molecule has 112 valence electrons. The van der Waals surface area contributed by atoms with Crippen molar-refractivity contribution in [1.29, 1.82) is 0 Å². The number of hydrogen-bond donors (Lipinski definition) is 0. The van der Waals surface area contributed by atoms with Gasteiger partial charge in [-0.05, 0) is 53.5 Å². The fourth-order valence-electron chi connectivity index (χ4n) is 2.93.